The van der Waals surface area contributed by atoms with E-state index in [9.17, 15) is 4.79 Å². The van der Waals surface area contributed by atoms with Crippen LogP contribution < -0.4 is 10.6 Å². The molecule has 0 aliphatic carbocycles. The molecule has 0 radical (unpaired) electrons. The lowest BCUT2D eigenvalue weighted by Gasteiger charge is -2.09. The van der Waals surface area contributed by atoms with Crippen LogP contribution in [0.4, 0.5) is 11.5 Å². The summed E-state index contributed by atoms with van der Waals surface area (Å²) < 4.78 is 0. The zero-order valence-corrected chi connectivity index (χ0v) is 15.5. The minimum atomic E-state index is -0.281. The summed E-state index contributed by atoms with van der Waals surface area (Å²) in [6, 6.07) is 18.6. The van der Waals surface area contributed by atoms with E-state index in [2.05, 4.69) is 25.6 Å². The van der Waals surface area contributed by atoms with Crippen LogP contribution in [0.1, 0.15) is 16.1 Å². The van der Waals surface area contributed by atoms with Gasteiger partial charge < -0.3 is 10.6 Å². The lowest BCUT2D eigenvalue weighted by Crippen LogP contribution is -2.24. The van der Waals surface area contributed by atoms with Crippen LogP contribution in [-0.4, -0.2) is 20.9 Å². The molecule has 2 heterocycles. The fraction of sp³-hybridized carbons (Fsp3) is 0.0476. The summed E-state index contributed by atoms with van der Waals surface area (Å²) in [5.41, 5.74) is 2.87. The lowest BCUT2D eigenvalue weighted by atomic mass is 10.2. The molecule has 4 rings (SSSR count). The van der Waals surface area contributed by atoms with Crippen molar-refractivity contribution < 1.29 is 4.79 Å². The Labute approximate surface area is 166 Å². The van der Waals surface area contributed by atoms with Gasteiger partial charge in [0, 0.05) is 29.2 Å². The van der Waals surface area contributed by atoms with Gasteiger partial charge in [0.05, 0.1) is 11.2 Å². The molecule has 6 nitrogen and oxygen atoms in total. The van der Waals surface area contributed by atoms with Crippen LogP contribution in [0.5, 0.6) is 0 Å². The highest BCUT2D eigenvalue weighted by Gasteiger charge is 2.10. The van der Waals surface area contributed by atoms with Crippen molar-refractivity contribution in [2.75, 3.05) is 5.32 Å². The lowest BCUT2D eigenvalue weighted by molar-refractivity contribution is 0.0946. The monoisotopic (exact) mass is 389 g/mol. The molecule has 4 aromatic rings. The first-order chi connectivity index (χ1) is 13.7. The summed E-state index contributed by atoms with van der Waals surface area (Å²) in [6.07, 6.45) is 3.10. The van der Waals surface area contributed by atoms with Gasteiger partial charge in [-0.05, 0) is 29.8 Å². The molecule has 0 fully saturated rings. The Morgan fingerprint density at radius 2 is 1.79 bits per heavy atom. The molecule has 2 aromatic heterocycles. The fourth-order valence-corrected chi connectivity index (χ4v) is 2.89. The van der Waals surface area contributed by atoms with E-state index >= 15 is 0 Å². The number of anilines is 2. The second-order valence-electron chi connectivity index (χ2n) is 6.10. The topological polar surface area (TPSA) is 79.8 Å². The number of para-hydroxylation sites is 1. The number of benzene rings is 2. The van der Waals surface area contributed by atoms with Gasteiger partial charge in [0.15, 0.2) is 0 Å². The molecule has 28 heavy (non-hydrogen) atoms. The minimum Gasteiger partial charge on any atom is -0.347 e. The van der Waals surface area contributed by atoms with Gasteiger partial charge in [-0.3, -0.25) is 9.78 Å². The number of hydrogen-bond acceptors (Lipinski definition) is 5. The SMILES string of the molecule is O=C(NCc1ccc(Cl)cc1)c1cc(Nc2cccc3cccnc23)ncn1. The van der Waals surface area contributed by atoms with Crippen LogP contribution in [0.3, 0.4) is 0 Å². The third-order valence-electron chi connectivity index (χ3n) is 4.16. The number of fused-ring (bicyclic) bond motifs is 1. The standard InChI is InChI=1S/C21H16ClN5O/c22-16-8-6-14(7-9-16)12-24-21(28)18-11-19(26-13-25-18)27-17-5-1-3-15-4-2-10-23-20(15)17/h1-11,13H,12H2,(H,24,28)(H,25,26,27). The maximum absolute atomic E-state index is 12.4. The largest absolute Gasteiger partial charge is 0.347 e. The Hall–Kier alpha value is -3.51. The smallest absolute Gasteiger partial charge is 0.270 e. The van der Waals surface area contributed by atoms with E-state index in [0.717, 1.165) is 22.2 Å². The summed E-state index contributed by atoms with van der Waals surface area (Å²) in [5, 5.41) is 7.73. The highest BCUT2D eigenvalue weighted by molar-refractivity contribution is 6.30. The van der Waals surface area contributed by atoms with Crippen molar-refractivity contribution in [3.8, 4) is 0 Å². The van der Waals surface area contributed by atoms with Gasteiger partial charge in [0.2, 0.25) is 0 Å². The summed E-state index contributed by atoms with van der Waals surface area (Å²) >= 11 is 5.87. The normalized spacial score (nSPS) is 10.6. The van der Waals surface area contributed by atoms with E-state index < -0.39 is 0 Å². The van der Waals surface area contributed by atoms with Crippen molar-refractivity contribution in [1.82, 2.24) is 20.3 Å². The number of carbonyl (C=O) groups is 1. The number of aromatic nitrogens is 3. The molecule has 0 aliphatic rings. The molecule has 0 spiro atoms. The number of carbonyl (C=O) groups excluding carboxylic acids is 1. The average molecular weight is 390 g/mol. The second-order valence-corrected chi connectivity index (χ2v) is 6.54. The molecular weight excluding hydrogens is 374 g/mol. The van der Waals surface area contributed by atoms with Crippen molar-refractivity contribution in [1.29, 1.82) is 0 Å². The molecule has 0 saturated heterocycles. The molecule has 0 atom stereocenters. The van der Waals surface area contributed by atoms with E-state index in [1.165, 1.54) is 6.33 Å². The number of pyridine rings is 1. The first kappa shape index (κ1) is 17.9. The molecule has 2 aromatic carbocycles. The van der Waals surface area contributed by atoms with Crippen LogP contribution in [0.25, 0.3) is 10.9 Å². The second kappa shape index (κ2) is 8.02. The highest BCUT2D eigenvalue weighted by atomic mass is 35.5. The van der Waals surface area contributed by atoms with Crippen LogP contribution in [0.2, 0.25) is 5.02 Å². The van der Waals surface area contributed by atoms with Crippen LogP contribution in [-0.2, 0) is 6.54 Å². The predicted molar refractivity (Wildman–Crippen MR) is 110 cm³/mol. The Morgan fingerprint density at radius 3 is 2.64 bits per heavy atom. The number of amides is 1. The Kier molecular flexibility index (Phi) is 5.12. The quantitative estimate of drug-likeness (QED) is 0.530. The van der Waals surface area contributed by atoms with E-state index in [1.807, 2.05) is 42.5 Å². The van der Waals surface area contributed by atoms with Crippen molar-refractivity contribution in [2.24, 2.45) is 0 Å². The minimum absolute atomic E-state index is 0.277. The molecule has 0 aliphatic heterocycles. The highest BCUT2D eigenvalue weighted by Crippen LogP contribution is 2.23. The van der Waals surface area contributed by atoms with E-state index in [0.29, 0.717) is 17.4 Å². The number of hydrogen-bond donors (Lipinski definition) is 2. The maximum Gasteiger partial charge on any atom is 0.270 e. The maximum atomic E-state index is 12.4. The Balaban J connectivity index is 1.49. The van der Waals surface area contributed by atoms with Crippen LogP contribution >= 0.6 is 11.6 Å². The van der Waals surface area contributed by atoms with Gasteiger partial charge in [-0.25, -0.2) is 9.97 Å². The Morgan fingerprint density at radius 1 is 0.964 bits per heavy atom. The van der Waals surface area contributed by atoms with E-state index in [-0.39, 0.29) is 11.6 Å². The van der Waals surface area contributed by atoms with Gasteiger partial charge in [-0.1, -0.05) is 41.9 Å². The first-order valence-corrected chi connectivity index (χ1v) is 9.02. The third-order valence-corrected chi connectivity index (χ3v) is 4.41. The van der Waals surface area contributed by atoms with Crippen molar-refractivity contribution in [2.45, 2.75) is 6.54 Å². The van der Waals surface area contributed by atoms with Crippen molar-refractivity contribution in [3.63, 3.8) is 0 Å². The van der Waals surface area contributed by atoms with Gasteiger partial charge in [0.25, 0.3) is 5.91 Å². The number of halogens is 1. The molecule has 7 heteroatoms. The van der Waals surface area contributed by atoms with Gasteiger partial charge in [-0.15, -0.1) is 0 Å². The summed E-state index contributed by atoms with van der Waals surface area (Å²) in [6.45, 7) is 0.385. The van der Waals surface area contributed by atoms with Crippen LogP contribution in [0, 0.1) is 0 Å². The first-order valence-electron chi connectivity index (χ1n) is 8.64. The summed E-state index contributed by atoms with van der Waals surface area (Å²) in [4.78, 5) is 25.1. The van der Waals surface area contributed by atoms with Gasteiger partial charge in [-0.2, -0.15) is 0 Å². The number of rotatable bonds is 5. The van der Waals surface area contributed by atoms with E-state index in [1.54, 1.807) is 24.4 Å². The molecular formula is C21H16ClN5O. The average Bonchev–Trinajstić information content (AvgIpc) is 2.74. The molecule has 138 valence electrons. The third kappa shape index (κ3) is 4.07. The van der Waals surface area contributed by atoms with Gasteiger partial charge in [0.1, 0.15) is 17.8 Å². The van der Waals surface area contributed by atoms with Crippen molar-refractivity contribution >= 4 is 39.9 Å². The number of nitrogens with zero attached hydrogens (tertiary/aromatic N) is 3. The molecule has 2 N–H and O–H groups in total. The molecule has 1 amide bonds. The Bertz CT molecular complexity index is 1130. The van der Waals surface area contributed by atoms with Crippen molar-refractivity contribution in [3.05, 3.63) is 89.5 Å². The molecule has 0 saturated carbocycles. The molecule has 0 unspecified atom stereocenters. The summed E-state index contributed by atoms with van der Waals surface area (Å²) in [7, 11) is 0. The number of nitrogens with one attached hydrogen (secondary N) is 2. The summed E-state index contributed by atoms with van der Waals surface area (Å²) in [5.74, 6) is 0.237. The zero-order chi connectivity index (χ0) is 19.3. The predicted octanol–water partition coefficient (Wildman–Crippen LogP) is 4.35. The molecule has 0 bridgehead atoms. The van der Waals surface area contributed by atoms with Crippen LogP contribution in [0.15, 0.2) is 73.2 Å². The van der Waals surface area contributed by atoms with Gasteiger partial charge >= 0.3 is 0 Å². The fourth-order valence-electron chi connectivity index (χ4n) is 2.77. The zero-order valence-electron chi connectivity index (χ0n) is 14.8. The van der Waals surface area contributed by atoms with E-state index in [4.69, 9.17) is 11.6 Å².